The second kappa shape index (κ2) is 9.82. The lowest BCUT2D eigenvalue weighted by molar-refractivity contribution is 0.256. The van der Waals surface area contributed by atoms with E-state index >= 15 is 0 Å². The van der Waals surface area contributed by atoms with Crippen molar-refractivity contribution in [3.8, 4) is 0 Å². The monoisotopic (exact) mass is 396 g/mol. The summed E-state index contributed by atoms with van der Waals surface area (Å²) in [5.74, 6) is 2.27. The summed E-state index contributed by atoms with van der Waals surface area (Å²) in [7, 11) is 4.25. The zero-order valence-electron chi connectivity index (χ0n) is 13.8. The number of hydrogen-bond donors (Lipinski definition) is 1. The highest BCUT2D eigenvalue weighted by Crippen LogP contribution is 2.16. The number of nitrogens with two attached hydrogens (primary N) is 1. The van der Waals surface area contributed by atoms with Crippen molar-refractivity contribution < 1.29 is 0 Å². The van der Waals surface area contributed by atoms with Gasteiger partial charge >= 0.3 is 0 Å². The van der Waals surface area contributed by atoms with E-state index in [1.807, 2.05) is 0 Å². The molecule has 2 N–H and O–H groups in total. The highest BCUT2D eigenvalue weighted by atomic mass is 127. The van der Waals surface area contributed by atoms with Crippen molar-refractivity contribution in [1.82, 2.24) is 9.80 Å². The minimum absolute atomic E-state index is 0. The first-order valence-electron chi connectivity index (χ1n) is 7.61. The molecule has 0 aliphatic carbocycles. The van der Waals surface area contributed by atoms with E-state index in [1.54, 1.807) is 0 Å². The van der Waals surface area contributed by atoms with Crippen molar-refractivity contribution in [3.05, 3.63) is 0 Å². The molecule has 1 aliphatic heterocycles. The lowest BCUT2D eigenvalue weighted by atomic mass is 10.00. The first-order valence-corrected chi connectivity index (χ1v) is 7.61. The van der Waals surface area contributed by atoms with E-state index < -0.39 is 0 Å². The number of rotatable bonds is 5. The number of hydrogen-bond acceptors (Lipinski definition) is 2. The third-order valence-corrected chi connectivity index (χ3v) is 4.05. The Morgan fingerprint density at radius 3 is 2.30 bits per heavy atom. The van der Waals surface area contributed by atoms with E-state index in [0.29, 0.717) is 12.0 Å². The van der Waals surface area contributed by atoms with Crippen LogP contribution in [0, 0.1) is 11.8 Å². The van der Waals surface area contributed by atoms with Crippen molar-refractivity contribution in [1.29, 1.82) is 0 Å². The Morgan fingerprint density at radius 1 is 1.30 bits per heavy atom. The van der Waals surface area contributed by atoms with Crippen molar-refractivity contribution in [2.45, 2.75) is 46.1 Å². The minimum atomic E-state index is 0. The first kappa shape index (κ1) is 20.0. The molecule has 1 fully saturated rings. The molecule has 0 aromatic rings. The number of likely N-dealkylation sites (tertiary alicyclic amines) is 1. The van der Waals surface area contributed by atoms with Crippen molar-refractivity contribution in [3.63, 3.8) is 0 Å². The van der Waals surface area contributed by atoms with Gasteiger partial charge in [-0.05, 0) is 45.2 Å². The van der Waals surface area contributed by atoms with Crippen LogP contribution in [0.4, 0.5) is 0 Å². The van der Waals surface area contributed by atoms with Crippen molar-refractivity contribution in [2.24, 2.45) is 22.6 Å². The predicted molar refractivity (Wildman–Crippen MR) is 98.8 cm³/mol. The van der Waals surface area contributed by atoms with Crippen LogP contribution in [0.15, 0.2) is 4.99 Å². The molecular formula is C15H33IN4. The number of halogens is 1. The van der Waals surface area contributed by atoms with Crippen LogP contribution in [0.5, 0.6) is 0 Å². The fraction of sp³-hybridized carbons (Fsp3) is 0.933. The number of piperidine rings is 1. The molecule has 5 heteroatoms. The van der Waals surface area contributed by atoms with Gasteiger partial charge in [0.1, 0.15) is 0 Å². The highest BCUT2D eigenvalue weighted by molar-refractivity contribution is 14.0. The van der Waals surface area contributed by atoms with Crippen LogP contribution in [0.1, 0.15) is 40.0 Å². The van der Waals surface area contributed by atoms with Gasteiger partial charge in [-0.2, -0.15) is 0 Å². The standard InChI is InChI=1S/C15H32N4.HI/c1-12(2)10-14(18(4)5)11-17-15(16)19-8-6-13(3)7-9-19;/h12-14H,6-11H2,1-5H3,(H2,16,17);1H. The van der Waals surface area contributed by atoms with Gasteiger partial charge in [-0.15, -0.1) is 24.0 Å². The molecule has 4 nitrogen and oxygen atoms in total. The van der Waals surface area contributed by atoms with E-state index in [9.17, 15) is 0 Å². The Morgan fingerprint density at radius 2 is 1.85 bits per heavy atom. The quantitative estimate of drug-likeness (QED) is 0.442. The number of aliphatic imine (C=N–C) groups is 1. The van der Waals surface area contributed by atoms with E-state index in [-0.39, 0.29) is 24.0 Å². The predicted octanol–water partition coefficient (Wildman–Crippen LogP) is 2.63. The summed E-state index contributed by atoms with van der Waals surface area (Å²) in [4.78, 5) is 9.12. The van der Waals surface area contributed by atoms with Crippen LogP contribution in [-0.4, -0.2) is 55.5 Å². The van der Waals surface area contributed by atoms with Crippen molar-refractivity contribution in [2.75, 3.05) is 33.7 Å². The molecule has 1 atom stereocenters. The molecule has 0 aromatic heterocycles. The van der Waals surface area contributed by atoms with Gasteiger partial charge in [0.05, 0.1) is 6.54 Å². The third kappa shape index (κ3) is 7.11. The maximum absolute atomic E-state index is 6.13. The minimum Gasteiger partial charge on any atom is -0.370 e. The van der Waals surface area contributed by atoms with Gasteiger partial charge < -0.3 is 15.5 Å². The fourth-order valence-electron chi connectivity index (χ4n) is 2.53. The van der Waals surface area contributed by atoms with Gasteiger partial charge in [0.2, 0.25) is 0 Å². The van der Waals surface area contributed by atoms with E-state index in [0.717, 1.165) is 31.5 Å². The zero-order chi connectivity index (χ0) is 14.4. The molecule has 120 valence electrons. The Labute approximate surface area is 142 Å². The Balaban J connectivity index is 0.00000361. The second-order valence-corrected chi connectivity index (χ2v) is 6.62. The normalized spacial score (nSPS) is 19.4. The van der Waals surface area contributed by atoms with Crippen LogP contribution in [-0.2, 0) is 0 Å². The molecule has 0 aromatic carbocycles. The number of guanidine groups is 1. The lowest BCUT2D eigenvalue weighted by Gasteiger charge is -2.31. The Kier molecular flexibility index (Phi) is 9.80. The van der Waals surface area contributed by atoms with E-state index in [1.165, 1.54) is 19.3 Å². The largest absolute Gasteiger partial charge is 0.370 e. The summed E-state index contributed by atoms with van der Waals surface area (Å²) < 4.78 is 0. The molecule has 1 saturated heterocycles. The first-order chi connectivity index (χ1) is 8.90. The smallest absolute Gasteiger partial charge is 0.191 e. The maximum Gasteiger partial charge on any atom is 0.191 e. The summed E-state index contributed by atoms with van der Waals surface area (Å²) in [5, 5.41) is 0. The van der Waals surface area contributed by atoms with Crippen LogP contribution in [0.25, 0.3) is 0 Å². The van der Waals surface area contributed by atoms with Crippen molar-refractivity contribution >= 4 is 29.9 Å². The molecule has 1 rings (SSSR count). The molecule has 0 saturated carbocycles. The molecule has 0 amide bonds. The summed E-state index contributed by atoms with van der Waals surface area (Å²) >= 11 is 0. The molecular weight excluding hydrogens is 363 g/mol. The second-order valence-electron chi connectivity index (χ2n) is 6.62. The topological polar surface area (TPSA) is 44.9 Å². The van der Waals surface area contributed by atoms with E-state index in [2.05, 4.69) is 49.7 Å². The molecule has 1 aliphatic rings. The van der Waals surface area contributed by atoms with Crippen LogP contribution >= 0.6 is 24.0 Å². The number of likely N-dealkylation sites (N-methyl/N-ethyl adjacent to an activating group) is 1. The summed E-state index contributed by atoms with van der Waals surface area (Å²) in [6.07, 6.45) is 3.64. The summed E-state index contributed by atoms with van der Waals surface area (Å²) in [6.45, 7) is 9.77. The fourth-order valence-corrected chi connectivity index (χ4v) is 2.53. The third-order valence-electron chi connectivity index (χ3n) is 4.05. The van der Waals surface area contributed by atoms with Gasteiger partial charge in [-0.1, -0.05) is 20.8 Å². The highest BCUT2D eigenvalue weighted by Gasteiger charge is 2.18. The lowest BCUT2D eigenvalue weighted by Crippen LogP contribution is -2.43. The molecule has 0 spiro atoms. The molecule has 0 radical (unpaired) electrons. The van der Waals surface area contributed by atoms with Crippen LogP contribution in [0.3, 0.4) is 0 Å². The van der Waals surface area contributed by atoms with Crippen LogP contribution in [0.2, 0.25) is 0 Å². The summed E-state index contributed by atoms with van der Waals surface area (Å²) in [6, 6.07) is 0.488. The van der Waals surface area contributed by atoms with Crippen LogP contribution < -0.4 is 5.73 Å². The average Bonchev–Trinajstić information content (AvgIpc) is 2.34. The van der Waals surface area contributed by atoms with Gasteiger partial charge in [0, 0.05) is 19.1 Å². The maximum atomic E-state index is 6.13. The van der Waals surface area contributed by atoms with Gasteiger partial charge in [-0.3, -0.25) is 4.99 Å². The Bertz CT molecular complexity index is 284. The molecule has 0 bridgehead atoms. The van der Waals surface area contributed by atoms with Gasteiger partial charge in [0.15, 0.2) is 5.96 Å². The van der Waals surface area contributed by atoms with Gasteiger partial charge in [-0.25, -0.2) is 0 Å². The zero-order valence-corrected chi connectivity index (χ0v) is 16.1. The van der Waals surface area contributed by atoms with E-state index in [4.69, 9.17) is 5.73 Å². The van der Waals surface area contributed by atoms with Gasteiger partial charge in [0.25, 0.3) is 0 Å². The Hall–Kier alpha value is -0.0400. The summed E-state index contributed by atoms with van der Waals surface area (Å²) in [5.41, 5.74) is 6.13. The molecule has 1 unspecified atom stereocenters. The molecule has 20 heavy (non-hydrogen) atoms. The average molecular weight is 396 g/mol. The molecule has 1 heterocycles. The number of nitrogens with zero attached hydrogens (tertiary/aromatic N) is 3. The SMILES string of the molecule is CC(C)CC(CN=C(N)N1CCC(C)CC1)N(C)C.I.